The molecule has 3 heterocycles. The molecule has 3 nitrogen and oxygen atoms in total. The minimum atomic E-state index is 0.901. The van der Waals surface area contributed by atoms with Crippen LogP contribution in [0.25, 0.3) is 263 Å². The first kappa shape index (κ1) is 71.3. The molecule has 0 aliphatic rings. The van der Waals surface area contributed by atoms with E-state index >= 15 is 0 Å². The molecule has 27 rings (SSSR count). The maximum absolute atomic E-state index is 6.69. The topological polar surface area (TPSA) is 39.4 Å². The van der Waals surface area contributed by atoms with E-state index in [2.05, 4.69) is 485 Å². The normalized spacial score (nSPS) is 12.1. The molecule has 0 unspecified atom stereocenters. The summed E-state index contributed by atoms with van der Waals surface area (Å²) in [5, 5.41) is 26.9. The van der Waals surface area contributed by atoms with Crippen LogP contribution in [0.5, 0.6) is 0 Å². The molecule has 27 aromatic rings. The fraction of sp³-hybridized carbons (Fsp3) is 0.0588. The summed E-state index contributed by atoms with van der Waals surface area (Å²) in [5.74, 6) is 0. The third kappa shape index (κ3) is 16.3. The second-order valence-corrected chi connectivity index (χ2v) is 34.2. The van der Waals surface area contributed by atoms with Gasteiger partial charge in [0.15, 0.2) is 0 Å². The second kappa shape index (κ2) is 39.4. The van der Waals surface area contributed by atoms with E-state index in [4.69, 9.17) is 60.1 Å². The minimum absolute atomic E-state index is 0.901. The molecule has 24 aromatic carbocycles. The van der Waals surface area contributed by atoms with E-state index in [9.17, 15) is 0 Å². The average molecular weight is 1850 g/mol. The number of furan rings is 3. The van der Waals surface area contributed by atoms with Crippen molar-refractivity contribution in [3.05, 3.63) is 485 Å². The van der Waals surface area contributed by atoms with Crippen LogP contribution in [0.15, 0.2) is 499 Å². The molecule has 0 aliphatic carbocycles. The van der Waals surface area contributed by atoms with Crippen LogP contribution < -0.4 is 0 Å². The largest absolute Gasteiger partial charge is 0.456 e. The van der Waals surface area contributed by atoms with Crippen LogP contribution in [0.3, 0.4) is 0 Å². The van der Waals surface area contributed by atoms with E-state index in [1.54, 1.807) is 0 Å². The Hall–Kier alpha value is -17.2. The molecule has 0 bridgehead atoms. The summed E-state index contributed by atoms with van der Waals surface area (Å²) in [6.45, 7) is 4.00. The van der Waals surface area contributed by atoms with Gasteiger partial charge in [-0.3, -0.25) is 0 Å². The lowest BCUT2D eigenvalue weighted by atomic mass is 9.86. The predicted molar refractivity (Wildman–Crippen MR) is 635 cm³/mol. The van der Waals surface area contributed by atoms with E-state index in [0.29, 0.717) is 0 Å². The van der Waals surface area contributed by atoms with Gasteiger partial charge in [-0.05, 0) is 282 Å². The van der Waals surface area contributed by atoms with Gasteiger partial charge in [0.1, 0.15) is 33.5 Å². The molecule has 3 heteroatoms. The van der Waals surface area contributed by atoms with E-state index in [-0.39, 0.29) is 0 Å². The lowest BCUT2D eigenvalue weighted by Crippen LogP contribution is -1.90. The average Bonchev–Trinajstić information content (AvgIpc) is 1.39. The summed E-state index contributed by atoms with van der Waals surface area (Å²) in [5.41, 5.74) is 29.7. The van der Waals surface area contributed by atoms with Crippen molar-refractivity contribution in [1.82, 2.24) is 0 Å². The Morgan fingerprint density at radius 1 is 0.144 bits per heavy atom. The van der Waals surface area contributed by atoms with Gasteiger partial charge >= 0.3 is 0 Å². The molecule has 0 fully saturated rings. The van der Waals surface area contributed by atoms with Crippen LogP contribution in [-0.2, 0) is 0 Å². The van der Waals surface area contributed by atoms with E-state index < -0.39 is 0 Å². The summed E-state index contributed by atoms with van der Waals surface area (Å²) in [6.07, 6.45) is 0. The van der Waals surface area contributed by atoms with Crippen LogP contribution in [0.2, 0.25) is 0 Å². The molecular formula is C136H136O3. The molecule has 0 radical (unpaired) electrons. The monoisotopic (exact) mass is 1850 g/mol. The Kier molecular flexibility index (Phi) is 20.2. The van der Waals surface area contributed by atoms with Crippen molar-refractivity contribution in [2.24, 2.45) is 0 Å². The van der Waals surface area contributed by atoms with Gasteiger partial charge in [-0.25, -0.2) is 0 Å². The molecule has 0 N–H and O–H groups in total. The lowest BCUT2D eigenvalue weighted by Gasteiger charge is -2.17. The molecular weight excluding hydrogens is 1680 g/mol. The summed E-state index contributed by atoms with van der Waals surface area (Å²) < 4.78 is 184. The highest BCUT2D eigenvalue weighted by atomic mass is 16.3. The highest BCUT2D eigenvalue weighted by Crippen LogP contribution is 2.51. The van der Waals surface area contributed by atoms with Gasteiger partial charge in [0, 0.05) is 79.1 Å². The van der Waals surface area contributed by atoms with Crippen LogP contribution in [0.4, 0.5) is 0 Å². The Morgan fingerprint density at radius 3 is 0.705 bits per heavy atom. The SMILES string of the molecule is CC.[2H]C.[2H]C.[2H]C.[2H]C.[2H]C.[2H]C.[2H][2H].[2H][2H].[2H][2H].[2H][2H].[2H][2H].[2H][2H].[2H][2H].[2H][2H].[2H][2H].[2H][2H].[2H][2H].[2H][2H].[2H][2H].c1ccc(-c2c3ccccc3c(-c3ccc4c(c3)oc3cc(-c5cc6ccccc6c6ccccc56)ccc34)c3ccccc23)cc1.c1ccc(-c2ccc3oc4cc(-c5c6ccccc6c(-c6ccccc6)c6ccccc56)ccc4c3c2)cc1.c1ccc(-c2cccc(-c3ccc4c(c3)oc3cc(-c5c6ccccc6c(-c6ccccc6)c6ccccc56)ccc34)c2)cc1. The molecule has 0 saturated heterocycles. The highest BCUT2D eigenvalue weighted by molar-refractivity contribution is 6.26. The number of hydrogen-bond donors (Lipinski definition) is 0. The fourth-order valence-electron chi connectivity index (χ4n) is 20.8. The zero-order valence-corrected chi connectivity index (χ0v) is 79.4. The summed E-state index contributed by atoms with van der Waals surface area (Å²) in [6, 6.07) is 174. The highest BCUT2D eigenvalue weighted by Gasteiger charge is 2.24. The second-order valence-electron chi connectivity index (χ2n) is 34.2. The fourth-order valence-corrected chi connectivity index (χ4v) is 20.8. The first-order chi connectivity index (χ1) is 85.0. The number of rotatable bonds is 10. The van der Waals surface area contributed by atoms with Gasteiger partial charge < -0.3 is 13.3 Å². The molecule has 698 valence electrons. The van der Waals surface area contributed by atoms with Crippen molar-refractivity contribution in [3.8, 4) is 111 Å². The quantitative estimate of drug-likeness (QED) is 0.101. The predicted octanol–water partition coefficient (Wildman–Crippen LogP) is 44.7. The van der Waals surface area contributed by atoms with Crippen molar-refractivity contribution < 1.29 is 60.1 Å². The van der Waals surface area contributed by atoms with Gasteiger partial charge in [0.25, 0.3) is 0 Å². The Morgan fingerprint density at radius 2 is 0.360 bits per heavy atom. The molecule has 139 heavy (non-hydrogen) atoms. The number of benzene rings is 24. The van der Waals surface area contributed by atoms with Gasteiger partial charge in [-0.15, -0.1) is 0 Å². The van der Waals surface area contributed by atoms with Crippen LogP contribution >= 0.6 is 0 Å². The molecule has 0 saturated carbocycles. The van der Waals surface area contributed by atoms with Crippen LogP contribution in [0.1, 0.15) is 105 Å². The zero-order chi connectivity index (χ0) is 126. The van der Waals surface area contributed by atoms with Gasteiger partial charge in [-0.2, -0.15) is 0 Å². The van der Waals surface area contributed by atoms with Crippen molar-refractivity contribution in [2.75, 3.05) is 0 Å². The van der Waals surface area contributed by atoms with Crippen LogP contribution in [-0.4, -0.2) is 0 Å². The third-order valence-corrected chi connectivity index (χ3v) is 26.8. The molecule has 0 spiro atoms. The van der Waals surface area contributed by atoms with Crippen molar-refractivity contribution >= 4 is 152 Å². The summed E-state index contributed by atoms with van der Waals surface area (Å²) in [7, 11) is 7.50. The van der Waals surface area contributed by atoms with Gasteiger partial charge in [-0.1, -0.05) is 459 Å². The summed E-state index contributed by atoms with van der Waals surface area (Å²) >= 11 is 0. The molecule has 0 atom stereocenters. The summed E-state index contributed by atoms with van der Waals surface area (Å²) in [4.78, 5) is 0. The first-order valence-electron chi connectivity index (χ1n) is 65.0. The first-order valence-corrected chi connectivity index (χ1v) is 46.0. The van der Waals surface area contributed by atoms with Gasteiger partial charge in [0.05, 0.1) is 0 Å². The minimum Gasteiger partial charge on any atom is -0.456 e. The lowest BCUT2D eigenvalue weighted by molar-refractivity contribution is 0.669. The van der Waals surface area contributed by atoms with Crippen molar-refractivity contribution in [3.63, 3.8) is 0 Å². The Bertz CT molecular complexity index is 9150. The molecule has 3 aromatic heterocycles. The Balaban J connectivity index is 0.000000391. The van der Waals surface area contributed by atoms with E-state index in [1.165, 1.54) is 214 Å². The number of fused-ring (bicyclic) bond motifs is 18. The van der Waals surface area contributed by atoms with Crippen molar-refractivity contribution in [2.45, 2.75) is 58.3 Å². The van der Waals surface area contributed by atoms with Crippen LogP contribution in [0, 0.1) is 0 Å². The number of hydrogen-bond acceptors (Lipinski definition) is 3. The maximum atomic E-state index is 6.69. The molecule has 0 aliphatic heterocycles. The standard InChI is InChI=1S/C46H28O.C44H28O.C38H24O.C2H6.6CH4.13H2/c1-2-12-29(13-3-1)45-38-18-8-10-20-40(38)46(41-21-11-9-19-39(41)45)32-23-25-37-36-24-22-31(27-43(36)47-44(37)28-32)42-26-30-14-4-5-15-33(30)34-16-6-7-17-35(34)42;1-3-12-29(13-4-1)31-16-11-17-32(26-31)33-22-24-35-36-25-23-34(28-42(36)45-41(35)27-33)44-39-20-9-7-18-37(39)43(30-14-5-2-6-15-30)38-19-8-10-21-40(38)44;1-3-11-25(12-4-1)27-20-22-35-34(23-27)29-21-19-28(24-36(29)39-35)38-32-17-9-7-15-30(32)37(26-13-5-2-6-14-26)31-16-8-10-18-33(31)38;1-2;;;;;;;;;;;;;;;;;;;/h1-28H;1-28H;1-24H;1-2H3;6*1H4;13*1H/i;;;;6*1D;13*1+1D. The smallest absolute Gasteiger partial charge is 0.136 e. The van der Waals surface area contributed by atoms with Gasteiger partial charge in [0.2, 0.25) is 0 Å². The maximum Gasteiger partial charge on any atom is 0.136 e. The zero-order valence-electron chi connectivity index (χ0n) is 111. The molecule has 0 amide bonds. The van der Waals surface area contributed by atoms with Crippen molar-refractivity contribution in [1.29, 1.82) is 0 Å². The Labute approximate surface area is 863 Å². The van der Waals surface area contributed by atoms with E-state index in [0.717, 1.165) is 93.6 Å². The third-order valence-electron chi connectivity index (χ3n) is 26.8. The van der Waals surface area contributed by atoms with E-state index in [1.807, 2.05) is 13.8 Å².